The zero-order valence-electron chi connectivity index (χ0n) is 15.1. The van der Waals surface area contributed by atoms with Gasteiger partial charge in [0.25, 0.3) is 0 Å². The summed E-state index contributed by atoms with van der Waals surface area (Å²) in [6.45, 7) is 10.7. The highest BCUT2D eigenvalue weighted by Gasteiger charge is 2.13. The average Bonchev–Trinajstić information content (AvgIpc) is 2.56. The molecule has 0 aliphatic carbocycles. The molecular formula is C17H36O6. The smallest absolute Gasteiger partial charge is 0.104 e. The summed E-state index contributed by atoms with van der Waals surface area (Å²) in [5.74, 6) is 0. The van der Waals surface area contributed by atoms with E-state index in [4.69, 9.17) is 28.8 Å². The van der Waals surface area contributed by atoms with Crippen molar-refractivity contribution in [1.29, 1.82) is 0 Å². The summed E-state index contributed by atoms with van der Waals surface area (Å²) < 4.78 is 28.0. The van der Waals surface area contributed by atoms with Gasteiger partial charge >= 0.3 is 0 Å². The van der Waals surface area contributed by atoms with Crippen LogP contribution >= 0.6 is 0 Å². The molecule has 0 rings (SSSR count). The first-order valence-electron chi connectivity index (χ1n) is 8.85. The van der Waals surface area contributed by atoms with E-state index in [1.54, 1.807) is 0 Å². The molecule has 0 aromatic heterocycles. The van der Waals surface area contributed by atoms with Crippen molar-refractivity contribution < 1.29 is 28.8 Å². The van der Waals surface area contributed by atoms with Crippen LogP contribution in [0.1, 0.15) is 40.0 Å². The molecule has 0 fully saturated rings. The third-order valence-corrected chi connectivity index (χ3v) is 3.12. The minimum Gasteiger partial charge on any atom is -0.396 e. The molecule has 0 heterocycles. The number of ether oxygens (including phenoxy) is 5. The van der Waals surface area contributed by atoms with Crippen LogP contribution in [-0.4, -0.2) is 76.8 Å². The zero-order chi connectivity index (χ0) is 17.2. The van der Waals surface area contributed by atoms with Gasteiger partial charge in [-0.05, 0) is 26.7 Å². The second-order valence-electron chi connectivity index (χ2n) is 5.27. The van der Waals surface area contributed by atoms with Gasteiger partial charge in [-0.3, -0.25) is 0 Å². The Morgan fingerprint density at radius 3 is 1.96 bits per heavy atom. The highest BCUT2D eigenvalue weighted by Crippen LogP contribution is 2.02. The molecule has 0 amide bonds. The van der Waals surface area contributed by atoms with Gasteiger partial charge in [-0.15, -0.1) is 0 Å². The number of hydrogen-bond donors (Lipinski definition) is 1. The fourth-order valence-corrected chi connectivity index (χ4v) is 1.88. The van der Waals surface area contributed by atoms with Gasteiger partial charge in [0.1, 0.15) is 12.2 Å². The summed E-state index contributed by atoms with van der Waals surface area (Å²) in [6.07, 6.45) is 2.63. The quantitative estimate of drug-likeness (QED) is 0.386. The van der Waals surface area contributed by atoms with E-state index in [0.29, 0.717) is 59.3 Å². The maximum absolute atomic E-state index is 8.77. The number of aliphatic hydroxyl groups is 1. The molecule has 0 saturated heterocycles. The van der Waals surface area contributed by atoms with Gasteiger partial charge in [-0.25, -0.2) is 0 Å². The maximum atomic E-state index is 8.77. The molecular weight excluding hydrogens is 300 g/mol. The average molecular weight is 336 g/mol. The van der Waals surface area contributed by atoms with E-state index in [1.165, 1.54) is 0 Å². The Labute approximate surface area is 141 Å². The number of rotatable bonds is 18. The largest absolute Gasteiger partial charge is 0.396 e. The SMILES string of the molecule is CCCCOC(COCCCO)COCC(COCC)OCC. The standard InChI is InChI=1S/C17H36O6/c1-4-7-11-23-17(13-20-10-8-9-18)15-21-14-16(22-6-3)12-19-5-2/h16-18H,4-15H2,1-3H3. The minimum atomic E-state index is -0.0883. The van der Waals surface area contributed by atoms with E-state index >= 15 is 0 Å². The molecule has 0 radical (unpaired) electrons. The highest BCUT2D eigenvalue weighted by molar-refractivity contribution is 4.60. The summed E-state index contributed by atoms with van der Waals surface area (Å²) in [5.41, 5.74) is 0. The first kappa shape index (κ1) is 22.8. The van der Waals surface area contributed by atoms with Gasteiger partial charge in [-0.1, -0.05) is 13.3 Å². The van der Waals surface area contributed by atoms with Crippen LogP contribution in [0.2, 0.25) is 0 Å². The molecule has 0 aliphatic heterocycles. The van der Waals surface area contributed by atoms with Crippen LogP contribution in [0.25, 0.3) is 0 Å². The molecule has 6 nitrogen and oxygen atoms in total. The van der Waals surface area contributed by atoms with Crippen molar-refractivity contribution in [2.24, 2.45) is 0 Å². The molecule has 0 aromatic rings. The Bertz CT molecular complexity index is 227. The fourth-order valence-electron chi connectivity index (χ4n) is 1.88. The summed E-state index contributed by atoms with van der Waals surface area (Å²) in [4.78, 5) is 0. The normalized spacial score (nSPS) is 14.1. The molecule has 0 aliphatic rings. The lowest BCUT2D eigenvalue weighted by Gasteiger charge is -2.21. The molecule has 6 heteroatoms. The molecule has 0 aromatic carbocycles. The van der Waals surface area contributed by atoms with Crippen LogP contribution in [0.3, 0.4) is 0 Å². The molecule has 2 unspecified atom stereocenters. The van der Waals surface area contributed by atoms with Gasteiger partial charge in [-0.2, -0.15) is 0 Å². The summed E-state index contributed by atoms with van der Waals surface area (Å²) in [7, 11) is 0. The molecule has 140 valence electrons. The van der Waals surface area contributed by atoms with E-state index in [9.17, 15) is 0 Å². The van der Waals surface area contributed by atoms with Gasteiger partial charge < -0.3 is 28.8 Å². The van der Waals surface area contributed by atoms with Gasteiger partial charge in [0.15, 0.2) is 0 Å². The first-order valence-corrected chi connectivity index (χ1v) is 8.85. The molecule has 0 spiro atoms. The maximum Gasteiger partial charge on any atom is 0.104 e. The predicted octanol–water partition coefficient (Wildman–Crippen LogP) is 2.03. The van der Waals surface area contributed by atoms with E-state index in [1.807, 2.05) is 13.8 Å². The lowest BCUT2D eigenvalue weighted by atomic mass is 10.3. The lowest BCUT2D eigenvalue weighted by molar-refractivity contribution is -0.0933. The zero-order valence-corrected chi connectivity index (χ0v) is 15.1. The van der Waals surface area contributed by atoms with Crippen LogP contribution in [0.5, 0.6) is 0 Å². The fraction of sp³-hybridized carbons (Fsp3) is 1.00. The molecule has 2 atom stereocenters. The van der Waals surface area contributed by atoms with Crippen LogP contribution in [0, 0.1) is 0 Å². The van der Waals surface area contributed by atoms with Crippen molar-refractivity contribution in [2.75, 3.05) is 59.5 Å². The van der Waals surface area contributed by atoms with Gasteiger partial charge in [0, 0.05) is 33.0 Å². The van der Waals surface area contributed by atoms with Crippen molar-refractivity contribution in [3.05, 3.63) is 0 Å². The summed E-state index contributed by atoms with van der Waals surface area (Å²) in [6, 6.07) is 0. The van der Waals surface area contributed by atoms with E-state index in [-0.39, 0.29) is 18.8 Å². The van der Waals surface area contributed by atoms with Crippen molar-refractivity contribution >= 4 is 0 Å². The Morgan fingerprint density at radius 2 is 1.35 bits per heavy atom. The number of aliphatic hydroxyl groups excluding tert-OH is 1. The third kappa shape index (κ3) is 15.1. The minimum absolute atomic E-state index is 0.0495. The van der Waals surface area contributed by atoms with Crippen LogP contribution in [-0.2, 0) is 23.7 Å². The Hall–Kier alpha value is -0.240. The van der Waals surface area contributed by atoms with Gasteiger partial charge in [0.05, 0.1) is 26.4 Å². The number of unbranched alkanes of at least 4 members (excludes halogenated alkanes) is 1. The first-order chi connectivity index (χ1) is 11.3. The second kappa shape index (κ2) is 18.1. The van der Waals surface area contributed by atoms with Gasteiger partial charge in [0.2, 0.25) is 0 Å². The topological polar surface area (TPSA) is 66.4 Å². The highest BCUT2D eigenvalue weighted by atomic mass is 16.6. The third-order valence-electron chi connectivity index (χ3n) is 3.12. The molecule has 0 saturated carbocycles. The van der Waals surface area contributed by atoms with Crippen molar-refractivity contribution in [1.82, 2.24) is 0 Å². The second-order valence-corrected chi connectivity index (χ2v) is 5.27. The van der Waals surface area contributed by atoms with E-state index in [0.717, 1.165) is 12.8 Å². The van der Waals surface area contributed by atoms with Crippen molar-refractivity contribution in [2.45, 2.75) is 52.2 Å². The summed E-state index contributed by atoms with van der Waals surface area (Å²) >= 11 is 0. The monoisotopic (exact) mass is 336 g/mol. The van der Waals surface area contributed by atoms with E-state index in [2.05, 4.69) is 6.92 Å². The van der Waals surface area contributed by atoms with Crippen LogP contribution in [0.4, 0.5) is 0 Å². The van der Waals surface area contributed by atoms with Crippen molar-refractivity contribution in [3.63, 3.8) is 0 Å². The van der Waals surface area contributed by atoms with E-state index < -0.39 is 0 Å². The molecule has 0 bridgehead atoms. The summed E-state index contributed by atoms with van der Waals surface area (Å²) in [5, 5.41) is 8.77. The Kier molecular flexibility index (Phi) is 17.9. The Morgan fingerprint density at radius 1 is 0.696 bits per heavy atom. The van der Waals surface area contributed by atoms with Crippen LogP contribution < -0.4 is 0 Å². The lowest BCUT2D eigenvalue weighted by Crippen LogP contribution is -2.31. The Balaban J connectivity index is 4.01. The number of hydrogen-bond acceptors (Lipinski definition) is 6. The molecule has 23 heavy (non-hydrogen) atoms. The molecule has 1 N–H and O–H groups in total. The predicted molar refractivity (Wildman–Crippen MR) is 89.9 cm³/mol. The van der Waals surface area contributed by atoms with Crippen LogP contribution in [0.15, 0.2) is 0 Å². The van der Waals surface area contributed by atoms with Crippen molar-refractivity contribution in [3.8, 4) is 0 Å².